The summed E-state index contributed by atoms with van der Waals surface area (Å²) in [6.07, 6.45) is 0.758. The zero-order valence-electron chi connectivity index (χ0n) is 5.63. The van der Waals surface area contributed by atoms with Gasteiger partial charge in [-0.15, -0.1) is 0 Å². The molecule has 0 radical (unpaired) electrons. The molecule has 0 amide bonds. The van der Waals surface area contributed by atoms with Gasteiger partial charge in [0.25, 0.3) is 0 Å². The number of aliphatic hydroxyl groups is 1. The summed E-state index contributed by atoms with van der Waals surface area (Å²) in [5.74, 6) is 0. The average molecular weight is 131 g/mol. The van der Waals surface area contributed by atoms with E-state index in [0.717, 1.165) is 13.0 Å². The summed E-state index contributed by atoms with van der Waals surface area (Å²) in [4.78, 5) is 0. The van der Waals surface area contributed by atoms with Crippen LogP contribution in [0, 0.1) is 0 Å². The van der Waals surface area contributed by atoms with Gasteiger partial charge in [-0.3, -0.25) is 0 Å². The first kappa shape index (κ1) is 6.99. The van der Waals surface area contributed by atoms with Crippen LogP contribution < -0.4 is 5.32 Å². The molecule has 54 valence electrons. The first-order chi connectivity index (χ1) is 4.34. The first-order valence-electron chi connectivity index (χ1n) is 3.25. The summed E-state index contributed by atoms with van der Waals surface area (Å²) < 4.78 is 4.77. The number of hydrogen-bond donors (Lipinski definition) is 2. The Kier molecular flexibility index (Phi) is 2.45. The fourth-order valence-electron chi connectivity index (χ4n) is 0.926. The van der Waals surface area contributed by atoms with Crippen molar-refractivity contribution >= 4 is 0 Å². The molecule has 0 aromatic rings. The zero-order chi connectivity index (χ0) is 6.69. The van der Waals surface area contributed by atoms with E-state index >= 15 is 0 Å². The van der Waals surface area contributed by atoms with Crippen molar-refractivity contribution in [3.63, 3.8) is 0 Å². The second kappa shape index (κ2) is 3.15. The molecule has 0 aromatic carbocycles. The highest BCUT2D eigenvalue weighted by molar-refractivity contribution is 4.83. The van der Waals surface area contributed by atoms with Gasteiger partial charge >= 0.3 is 0 Å². The van der Waals surface area contributed by atoms with Crippen LogP contribution in [0.3, 0.4) is 0 Å². The molecule has 2 atom stereocenters. The minimum absolute atomic E-state index is 0.282. The van der Waals surface area contributed by atoms with Crippen molar-refractivity contribution in [1.29, 1.82) is 0 Å². The van der Waals surface area contributed by atoms with E-state index in [-0.39, 0.29) is 12.1 Å². The predicted molar refractivity (Wildman–Crippen MR) is 34.3 cm³/mol. The van der Waals surface area contributed by atoms with Crippen LogP contribution in [-0.2, 0) is 4.74 Å². The van der Waals surface area contributed by atoms with E-state index in [4.69, 9.17) is 4.74 Å². The van der Waals surface area contributed by atoms with Gasteiger partial charge in [0.15, 0.2) is 0 Å². The van der Waals surface area contributed by atoms with Crippen molar-refractivity contribution in [3.05, 3.63) is 0 Å². The van der Waals surface area contributed by atoms with Crippen molar-refractivity contribution in [1.82, 2.24) is 5.32 Å². The van der Waals surface area contributed by atoms with Crippen LogP contribution in [-0.4, -0.2) is 37.5 Å². The van der Waals surface area contributed by atoms with E-state index in [1.807, 2.05) is 0 Å². The van der Waals surface area contributed by atoms with Gasteiger partial charge in [-0.05, 0) is 13.0 Å². The van der Waals surface area contributed by atoms with E-state index in [1.54, 1.807) is 7.11 Å². The Hall–Kier alpha value is -0.120. The lowest BCUT2D eigenvalue weighted by Crippen LogP contribution is -2.52. The molecule has 2 unspecified atom stereocenters. The smallest absolute Gasteiger partial charge is 0.0926 e. The maximum atomic E-state index is 9.18. The molecule has 3 heteroatoms. The summed E-state index contributed by atoms with van der Waals surface area (Å²) in [5, 5.41) is 12.3. The van der Waals surface area contributed by atoms with Crippen LogP contribution in [0.2, 0.25) is 0 Å². The number of aliphatic hydroxyl groups excluding tert-OH is 1. The highest BCUT2D eigenvalue weighted by Gasteiger charge is 2.24. The van der Waals surface area contributed by atoms with Gasteiger partial charge in [0.2, 0.25) is 0 Å². The topological polar surface area (TPSA) is 41.5 Å². The van der Waals surface area contributed by atoms with Crippen LogP contribution in [0.1, 0.15) is 6.42 Å². The molecule has 0 saturated carbocycles. The molecule has 1 aliphatic rings. The van der Waals surface area contributed by atoms with E-state index in [1.165, 1.54) is 0 Å². The second-order valence-electron chi connectivity index (χ2n) is 2.37. The van der Waals surface area contributed by atoms with E-state index in [0.29, 0.717) is 6.61 Å². The molecule has 0 spiro atoms. The number of ether oxygens (including phenoxy) is 1. The lowest BCUT2D eigenvalue weighted by molar-refractivity contribution is 0.0217. The third-order valence-electron chi connectivity index (χ3n) is 1.66. The molecular formula is C6H13NO2. The number of rotatable bonds is 3. The van der Waals surface area contributed by atoms with Crippen molar-refractivity contribution in [2.24, 2.45) is 0 Å². The number of methoxy groups -OCH3 is 1. The Balaban J connectivity index is 2.08. The standard InChI is InChI=1S/C6H13NO2/c1-9-4-6(8)5-2-3-7-5/h5-8H,2-4H2,1H3. The SMILES string of the molecule is COCC(O)C1CCN1. The maximum absolute atomic E-state index is 9.18. The predicted octanol–water partition coefficient (Wildman–Crippen LogP) is -0.644. The highest BCUT2D eigenvalue weighted by atomic mass is 16.5. The van der Waals surface area contributed by atoms with E-state index in [2.05, 4.69) is 5.32 Å². The third kappa shape index (κ3) is 1.64. The monoisotopic (exact) mass is 131 g/mol. The molecule has 1 rings (SSSR count). The molecule has 1 saturated heterocycles. The van der Waals surface area contributed by atoms with Crippen molar-refractivity contribution in [3.8, 4) is 0 Å². The lowest BCUT2D eigenvalue weighted by atomic mass is 10.0. The minimum Gasteiger partial charge on any atom is -0.389 e. The Morgan fingerprint density at radius 2 is 2.56 bits per heavy atom. The molecule has 0 bridgehead atoms. The largest absolute Gasteiger partial charge is 0.389 e. The van der Waals surface area contributed by atoms with Gasteiger partial charge in [0.1, 0.15) is 0 Å². The average Bonchev–Trinajstić information content (AvgIpc) is 1.60. The normalized spacial score (nSPS) is 29.3. The van der Waals surface area contributed by atoms with Gasteiger partial charge in [-0.25, -0.2) is 0 Å². The molecular weight excluding hydrogens is 118 g/mol. The Morgan fingerprint density at radius 3 is 2.89 bits per heavy atom. The fourth-order valence-corrected chi connectivity index (χ4v) is 0.926. The highest BCUT2D eigenvalue weighted by Crippen LogP contribution is 2.06. The summed E-state index contributed by atoms with van der Waals surface area (Å²) in [5.41, 5.74) is 0. The van der Waals surface area contributed by atoms with Crippen molar-refractivity contribution < 1.29 is 9.84 Å². The van der Waals surface area contributed by atoms with Gasteiger partial charge < -0.3 is 15.2 Å². The first-order valence-corrected chi connectivity index (χ1v) is 3.25. The lowest BCUT2D eigenvalue weighted by Gasteiger charge is -2.31. The van der Waals surface area contributed by atoms with Gasteiger partial charge in [-0.2, -0.15) is 0 Å². The molecule has 1 aliphatic heterocycles. The van der Waals surface area contributed by atoms with Crippen LogP contribution in [0.15, 0.2) is 0 Å². The van der Waals surface area contributed by atoms with E-state index in [9.17, 15) is 5.11 Å². The van der Waals surface area contributed by atoms with Gasteiger partial charge in [0, 0.05) is 13.2 Å². The van der Waals surface area contributed by atoms with Crippen LogP contribution in [0.25, 0.3) is 0 Å². The van der Waals surface area contributed by atoms with Crippen LogP contribution in [0.5, 0.6) is 0 Å². The quantitative estimate of drug-likeness (QED) is 0.535. The maximum Gasteiger partial charge on any atom is 0.0926 e. The Morgan fingerprint density at radius 1 is 1.89 bits per heavy atom. The molecule has 9 heavy (non-hydrogen) atoms. The van der Waals surface area contributed by atoms with Gasteiger partial charge in [-0.1, -0.05) is 0 Å². The van der Waals surface area contributed by atoms with Crippen molar-refractivity contribution in [2.45, 2.75) is 18.6 Å². The molecule has 1 heterocycles. The molecule has 3 nitrogen and oxygen atoms in total. The fraction of sp³-hybridized carbons (Fsp3) is 1.00. The number of nitrogens with one attached hydrogen (secondary N) is 1. The Bertz CT molecular complexity index is 83.1. The van der Waals surface area contributed by atoms with E-state index < -0.39 is 0 Å². The Labute approximate surface area is 55.0 Å². The summed E-state index contributed by atoms with van der Waals surface area (Å²) >= 11 is 0. The third-order valence-corrected chi connectivity index (χ3v) is 1.66. The zero-order valence-corrected chi connectivity index (χ0v) is 5.63. The van der Waals surface area contributed by atoms with Crippen LogP contribution in [0.4, 0.5) is 0 Å². The minimum atomic E-state index is -0.316. The van der Waals surface area contributed by atoms with Crippen LogP contribution >= 0.6 is 0 Å². The summed E-state index contributed by atoms with van der Waals surface area (Å²) in [6, 6.07) is 0.282. The second-order valence-corrected chi connectivity index (χ2v) is 2.37. The molecule has 1 fully saturated rings. The summed E-state index contributed by atoms with van der Waals surface area (Å²) in [6.45, 7) is 1.48. The molecule has 2 N–H and O–H groups in total. The van der Waals surface area contributed by atoms with Crippen molar-refractivity contribution in [2.75, 3.05) is 20.3 Å². The van der Waals surface area contributed by atoms with Gasteiger partial charge in [0.05, 0.1) is 12.7 Å². The molecule has 0 aromatic heterocycles. The summed E-state index contributed by atoms with van der Waals surface area (Å²) in [7, 11) is 1.60. The number of hydrogen-bond acceptors (Lipinski definition) is 3. The molecule has 0 aliphatic carbocycles.